The van der Waals surface area contributed by atoms with Crippen molar-refractivity contribution in [2.24, 2.45) is 5.73 Å². The van der Waals surface area contributed by atoms with Gasteiger partial charge in [0, 0.05) is 12.7 Å². The van der Waals surface area contributed by atoms with Crippen molar-refractivity contribution in [3.05, 3.63) is 17.5 Å². The van der Waals surface area contributed by atoms with Crippen LogP contribution >= 0.6 is 11.6 Å². The summed E-state index contributed by atoms with van der Waals surface area (Å²) in [4.78, 5) is 7.90. The highest BCUT2D eigenvalue weighted by atomic mass is 35.5. The van der Waals surface area contributed by atoms with E-state index >= 15 is 0 Å². The minimum atomic E-state index is -0.210. The Hall–Kier alpha value is -0.910. The first-order valence-corrected chi connectivity index (χ1v) is 6.32. The lowest BCUT2D eigenvalue weighted by atomic mass is 10.1. The van der Waals surface area contributed by atoms with Crippen LogP contribution in [0.2, 0.25) is 5.28 Å². The highest BCUT2D eigenvalue weighted by Crippen LogP contribution is 2.15. The van der Waals surface area contributed by atoms with Crippen molar-refractivity contribution in [2.75, 3.05) is 11.9 Å². The third kappa shape index (κ3) is 5.16. The topological polar surface area (TPSA) is 73.1 Å². The maximum absolute atomic E-state index is 5.87. The number of halogens is 1. The molecule has 6 heteroatoms. The highest BCUT2D eigenvalue weighted by molar-refractivity contribution is 6.28. The number of hydrogen-bond acceptors (Lipinski definition) is 5. The van der Waals surface area contributed by atoms with E-state index < -0.39 is 0 Å². The zero-order valence-corrected chi connectivity index (χ0v) is 12.0. The first-order valence-electron chi connectivity index (χ1n) is 5.95. The van der Waals surface area contributed by atoms with E-state index in [9.17, 15) is 0 Å². The maximum atomic E-state index is 5.87. The molecule has 1 heterocycles. The van der Waals surface area contributed by atoms with Gasteiger partial charge in [0.05, 0.1) is 17.7 Å². The standard InChI is InChI=1S/C12H21ClN4O/c1-8(18-12(2,3)4)9(7-14)16-10-5-6-15-11(13)17-10/h5-6,8-9H,7,14H2,1-4H3,(H,15,16,17)/t8-,9-/m1/s1. The quantitative estimate of drug-likeness (QED) is 0.803. The van der Waals surface area contributed by atoms with Crippen LogP contribution in [0.15, 0.2) is 12.3 Å². The Morgan fingerprint density at radius 2 is 2.17 bits per heavy atom. The van der Waals surface area contributed by atoms with Crippen molar-refractivity contribution in [3.8, 4) is 0 Å². The van der Waals surface area contributed by atoms with Gasteiger partial charge in [-0.3, -0.25) is 0 Å². The van der Waals surface area contributed by atoms with E-state index in [1.807, 2.05) is 27.7 Å². The molecular weight excluding hydrogens is 252 g/mol. The van der Waals surface area contributed by atoms with Crippen LogP contribution in [0, 0.1) is 0 Å². The third-order valence-electron chi connectivity index (χ3n) is 2.32. The molecule has 0 unspecified atom stereocenters. The van der Waals surface area contributed by atoms with E-state index in [0.717, 1.165) is 0 Å². The second kappa shape index (κ2) is 6.31. The molecule has 3 N–H and O–H groups in total. The van der Waals surface area contributed by atoms with Crippen molar-refractivity contribution in [3.63, 3.8) is 0 Å². The largest absolute Gasteiger partial charge is 0.371 e. The highest BCUT2D eigenvalue weighted by Gasteiger charge is 2.22. The van der Waals surface area contributed by atoms with Crippen LogP contribution in [-0.4, -0.2) is 34.3 Å². The van der Waals surface area contributed by atoms with Crippen molar-refractivity contribution in [1.82, 2.24) is 9.97 Å². The second-order valence-corrected chi connectivity index (χ2v) is 5.47. The van der Waals surface area contributed by atoms with Gasteiger partial charge < -0.3 is 15.8 Å². The van der Waals surface area contributed by atoms with Crippen LogP contribution in [0.25, 0.3) is 0 Å². The molecule has 1 aromatic rings. The van der Waals surface area contributed by atoms with E-state index in [0.29, 0.717) is 12.4 Å². The monoisotopic (exact) mass is 272 g/mol. The molecule has 5 nitrogen and oxygen atoms in total. The van der Waals surface area contributed by atoms with E-state index in [4.69, 9.17) is 22.1 Å². The van der Waals surface area contributed by atoms with Gasteiger partial charge in [0.15, 0.2) is 0 Å². The summed E-state index contributed by atoms with van der Waals surface area (Å²) in [6.45, 7) is 8.47. The van der Waals surface area contributed by atoms with Gasteiger partial charge in [-0.25, -0.2) is 9.97 Å². The van der Waals surface area contributed by atoms with Crippen LogP contribution in [0.4, 0.5) is 5.82 Å². The number of hydrogen-bond donors (Lipinski definition) is 2. The zero-order chi connectivity index (χ0) is 13.8. The molecule has 0 saturated heterocycles. The Bertz CT molecular complexity index is 381. The van der Waals surface area contributed by atoms with Crippen LogP contribution in [0.5, 0.6) is 0 Å². The molecule has 0 aliphatic rings. The number of nitrogens with two attached hydrogens (primary N) is 1. The molecule has 0 aromatic carbocycles. The van der Waals surface area contributed by atoms with Gasteiger partial charge in [-0.15, -0.1) is 0 Å². The molecule has 18 heavy (non-hydrogen) atoms. The molecule has 0 aliphatic carbocycles. The Kier molecular flexibility index (Phi) is 5.31. The average Bonchev–Trinajstić information content (AvgIpc) is 2.23. The number of nitrogens with one attached hydrogen (secondary N) is 1. The fourth-order valence-corrected chi connectivity index (χ4v) is 1.76. The smallest absolute Gasteiger partial charge is 0.224 e. The molecule has 102 valence electrons. The summed E-state index contributed by atoms with van der Waals surface area (Å²) in [6.07, 6.45) is 1.56. The number of aromatic nitrogens is 2. The van der Waals surface area contributed by atoms with Crippen LogP contribution in [-0.2, 0) is 4.74 Å². The zero-order valence-electron chi connectivity index (χ0n) is 11.3. The van der Waals surface area contributed by atoms with Gasteiger partial charge in [-0.1, -0.05) is 0 Å². The summed E-state index contributed by atoms with van der Waals surface area (Å²) < 4.78 is 5.87. The second-order valence-electron chi connectivity index (χ2n) is 5.13. The van der Waals surface area contributed by atoms with Crippen LogP contribution in [0.3, 0.4) is 0 Å². The summed E-state index contributed by atoms with van der Waals surface area (Å²) in [7, 11) is 0. The average molecular weight is 273 g/mol. The Balaban J connectivity index is 2.67. The van der Waals surface area contributed by atoms with Gasteiger partial charge in [0.1, 0.15) is 5.82 Å². The molecule has 0 amide bonds. The molecule has 0 bridgehead atoms. The maximum Gasteiger partial charge on any atom is 0.224 e. The summed E-state index contributed by atoms with van der Waals surface area (Å²) >= 11 is 5.73. The van der Waals surface area contributed by atoms with Gasteiger partial charge in [-0.05, 0) is 45.4 Å². The summed E-state index contributed by atoms with van der Waals surface area (Å²) in [5.41, 5.74) is 5.55. The Labute approximate surface area is 113 Å². The van der Waals surface area contributed by atoms with Crippen molar-refractivity contribution in [1.29, 1.82) is 0 Å². The Morgan fingerprint density at radius 3 is 2.67 bits per heavy atom. The molecule has 0 saturated carbocycles. The number of ether oxygens (including phenoxy) is 1. The van der Waals surface area contributed by atoms with Gasteiger partial charge in [0.2, 0.25) is 5.28 Å². The fraction of sp³-hybridized carbons (Fsp3) is 0.667. The first kappa shape index (κ1) is 15.1. The van der Waals surface area contributed by atoms with Gasteiger partial charge in [-0.2, -0.15) is 0 Å². The SMILES string of the molecule is C[C@@H](OC(C)(C)C)[C@@H](CN)Nc1ccnc(Cl)n1. The first-order chi connectivity index (χ1) is 8.31. The summed E-state index contributed by atoms with van der Waals surface area (Å²) in [5, 5.41) is 3.41. The summed E-state index contributed by atoms with van der Waals surface area (Å²) in [6, 6.07) is 1.72. The van der Waals surface area contributed by atoms with Crippen molar-refractivity contribution >= 4 is 17.4 Å². The predicted octanol–water partition coefficient (Wildman–Crippen LogP) is 2.07. The lowest BCUT2D eigenvalue weighted by Crippen LogP contribution is -2.43. The van der Waals surface area contributed by atoms with Gasteiger partial charge in [0.25, 0.3) is 0 Å². The Morgan fingerprint density at radius 1 is 1.50 bits per heavy atom. The fourth-order valence-electron chi connectivity index (χ4n) is 1.61. The number of nitrogens with zero attached hydrogens (tertiary/aromatic N) is 2. The predicted molar refractivity (Wildman–Crippen MR) is 73.8 cm³/mol. The van der Waals surface area contributed by atoms with Crippen LogP contribution < -0.4 is 11.1 Å². The minimum absolute atomic E-state index is 0.0322. The lowest BCUT2D eigenvalue weighted by molar-refractivity contribution is -0.0573. The van der Waals surface area contributed by atoms with Crippen molar-refractivity contribution < 1.29 is 4.74 Å². The van der Waals surface area contributed by atoms with Crippen LogP contribution in [0.1, 0.15) is 27.7 Å². The number of anilines is 1. The summed E-state index contributed by atoms with van der Waals surface area (Å²) in [5.74, 6) is 0.648. The molecular formula is C12H21ClN4O. The minimum Gasteiger partial charge on any atom is -0.371 e. The molecule has 0 aliphatic heterocycles. The molecule has 0 fully saturated rings. The number of rotatable bonds is 5. The van der Waals surface area contributed by atoms with E-state index in [-0.39, 0.29) is 23.0 Å². The van der Waals surface area contributed by atoms with E-state index in [1.165, 1.54) is 0 Å². The molecule has 0 spiro atoms. The normalized spacial score (nSPS) is 15.2. The van der Waals surface area contributed by atoms with Gasteiger partial charge >= 0.3 is 0 Å². The lowest BCUT2D eigenvalue weighted by Gasteiger charge is -2.31. The third-order valence-corrected chi connectivity index (χ3v) is 2.50. The van der Waals surface area contributed by atoms with Crippen molar-refractivity contribution in [2.45, 2.75) is 45.4 Å². The van der Waals surface area contributed by atoms with E-state index in [2.05, 4.69) is 15.3 Å². The molecule has 1 aromatic heterocycles. The molecule has 1 rings (SSSR count). The van der Waals surface area contributed by atoms with E-state index in [1.54, 1.807) is 12.3 Å². The molecule has 0 radical (unpaired) electrons. The molecule has 2 atom stereocenters.